The van der Waals surface area contributed by atoms with Crippen LogP contribution in [0, 0.1) is 0 Å². The van der Waals surface area contributed by atoms with Crippen LogP contribution in [-0.4, -0.2) is 47.2 Å². The van der Waals surface area contributed by atoms with Gasteiger partial charge in [-0.1, -0.05) is 19.9 Å². The second-order valence-electron chi connectivity index (χ2n) is 4.07. The first-order valence-corrected chi connectivity index (χ1v) is 7.17. The van der Waals surface area contributed by atoms with E-state index < -0.39 is 6.29 Å². The maximum Gasteiger partial charge on any atom is 0.224 e. The summed E-state index contributed by atoms with van der Waals surface area (Å²) in [4.78, 5) is 11.8. The van der Waals surface area contributed by atoms with Gasteiger partial charge in [0.05, 0.1) is 27.2 Å². The number of amides is 1. The average molecular weight is 315 g/mol. The summed E-state index contributed by atoms with van der Waals surface area (Å²) in [6.07, 6.45) is -0.190. The molecule has 1 amide bonds. The van der Waals surface area contributed by atoms with Gasteiger partial charge in [-0.15, -0.1) is 0 Å². The quantitative estimate of drug-likeness (QED) is 0.745. The number of hydrogen-bond donors (Lipinski definition) is 1. The molecule has 0 aromatic heterocycles. The van der Waals surface area contributed by atoms with Crippen molar-refractivity contribution in [3.63, 3.8) is 0 Å². The van der Waals surface area contributed by atoms with Crippen molar-refractivity contribution in [2.45, 2.75) is 26.6 Å². The molecule has 0 aliphatic rings. The summed E-state index contributed by atoms with van der Waals surface area (Å²) in [6, 6.07) is 5.38. The average Bonchev–Trinajstić information content (AvgIpc) is 2.57. The van der Waals surface area contributed by atoms with Crippen LogP contribution < -0.4 is 14.8 Å². The van der Waals surface area contributed by atoms with E-state index in [1.54, 1.807) is 26.4 Å². The summed E-state index contributed by atoms with van der Waals surface area (Å²) in [5.41, 5.74) is 0.839. The van der Waals surface area contributed by atoms with Crippen LogP contribution in [0.25, 0.3) is 0 Å². The molecule has 6 heteroatoms. The van der Waals surface area contributed by atoms with Crippen molar-refractivity contribution >= 4 is 5.91 Å². The molecule has 6 nitrogen and oxygen atoms in total. The highest BCUT2D eigenvalue weighted by molar-refractivity contribution is 5.78. The third kappa shape index (κ3) is 6.78. The third-order valence-corrected chi connectivity index (χ3v) is 2.80. The molecule has 1 rings (SSSR count). The Morgan fingerprint density at radius 3 is 2.18 bits per heavy atom. The van der Waals surface area contributed by atoms with E-state index in [1.807, 2.05) is 19.9 Å². The molecule has 1 aromatic rings. The lowest BCUT2D eigenvalue weighted by Gasteiger charge is -2.14. The highest BCUT2D eigenvalue weighted by Crippen LogP contribution is 2.27. The fourth-order valence-corrected chi connectivity index (χ4v) is 1.70. The molecule has 0 spiro atoms. The van der Waals surface area contributed by atoms with Crippen molar-refractivity contribution < 1.29 is 25.2 Å². The van der Waals surface area contributed by atoms with E-state index in [2.05, 4.69) is 5.32 Å². The Balaban J connectivity index is 0. The Bertz CT molecular complexity index is 438. The minimum absolute atomic E-state index is 0. The first kappa shape index (κ1) is 20.2. The zero-order chi connectivity index (χ0) is 17.0. The predicted octanol–water partition coefficient (Wildman–Crippen LogP) is 2.25. The van der Waals surface area contributed by atoms with Gasteiger partial charge in [-0.3, -0.25) is 4.79 Å². The van der Waals surface area contributed by atoms with E-state index in [0.29, 0.717) is 18.0 Å². The Hall–Kier alpha value is -1.79. The molecule has 0 aliphatic heterocycles. The topological polar surface area (TPSA) is 66.0 Å². The van der Waals surface area contributed by atoms with Crippen molar-refractivity contribution in [3.05, 3.63) is 23.8 Å². The molecule has 0 saturated carbocycles. The van der Waals surface area contributed by atoms with E-state index in [-0.39, 0.29) is 13.8 Å². The summed E-state index contributed by atoms with van der Waals surface area (Å²) in [5.74, 6) is 1.12. The molecule has 0 heterocycles. The lowest BCUT2D eigenvalue weighted by Crippen LogP contribution is -2.34. The molecular formula is C16H29NO5. The van der Waals surface area contributed by atoms with Crippen molar-refractivity contribution in [1.29, 1.82) is 0 Å². The highest BCUT2D eigenvalue weighted by atomic mass is 16.7. The number of methoxy groups -OCH3 is 4. The second kappa shape index (κ2) is 11.8. The number of carbonyl (C=O) groups is 1. The monoisotopic (exact) mass is 315 g/mol. The molecule has 0 unspecified atom stereocenters. The molecule has 0 bridgehead atoms. The van der Waals surface area contributed by atoms with Crippen molar-refractivity contribution in [1.82, 2.24) is 5.32 Å². The zero-order valence-corrected chi connectivity index (χ0v) is 14.3. The van der Waals surface area contributed by atoms with Crippen LogP contribution in [-0.2, 0) is 20.7 Å². The van der Waals surface area contributed by atoms with Gasteiger partial charge in [0.15, 0.2) is 17.8 Å². The van der Waals surface area contributed by atoms with E-state index in [1.165, 1.54) is 14.2 Å². The smallest absolute Gasteiger partial charge is 0.224 e. The van der Waals surface area contributed by atoms with E-state index >= 15 is 0 Å². The fourth-order valence-electron chi connectivity index (χ4n) is 1.70. The number of hydrogen-bond acceptors (Lipinski definition) is 5. The molecular weight excluding hydrogens is 286 g/mol. The third-order valence-electron chi connectivity index (χ3n) is 2.80. The van der Waals surface area contributed by atoms with E-state index in [4.69, 9.17) is 18.9 Å². The normalized spacial score (nSPS) is 9.77. The first-order valence-electron chi connectivity index (χ1n) is 7.17. The van der Waals surface area contributed by atoms with Crippen molar-refractivity contribution in [2.75, 3.05) is 35.0 Å². The number of rotatable bonds is 8. The lowest BCUT2D eigenvalue weighted by atomic mass is 10.1. The maximum atomic E-state index is 11.8. The summed E-state index contributed by atoms with van der Waals surface area (Å²) in [6.45, 7) is 4.30. The molecule has 1 aromatic carbocycles. The van der Waals surface area contributed by atoms with Crippen LogP contribution in [0.15, 0.2) is 18.2 Å². The minimum Gasteiger partial charge on any atom is -0.493 e. The molecule has 128 valence electrons. The molecule has 0 radical (unpaired) electrons. The SMILES string of the molecule is CC.COc1ccc(CC(=O)NCC(OC)OC)cc1OC.[HH]. The summed E-state index contributed by atoms with van der Waals surface area (Å²) in [7, 11) is 6.17. The van der Waals surface area contributed by atoms with E-state index in [0.717, 1.165) is 5.56 Å². The van der Waals surface area contributed by atoms with Crippen LogP contribution in [0.1, 0.15) is 20.8 Å². The van der Waals surface area contributed by atoms with Gasteiger partial charge in [0.1, 0.15) is 0 Å². The Morgan fingerprint density at radius 2 is 1.68 bits per heavy atom. The highest BCUT2D eigenvalue weighted by Gasteiger charge is 2.10. The Morgan fingerprint density at radius 1 is 1.09 bits per heavy atom. The predicted molar refractivity (Wildman–Crippen MR) is 87.5 cm³/mol. The first-order chi connectivity index (χ1) is 10.6. The van der Waals surface area contributed by atoms with Gasteiger partial charge >= 0.3 is 0 Å². The maximum absolute atomic E-state index is 11.8. The molecule has 0 fully saturated rings. The molecule has 0 saturated heterocycles. The number of ether oxygens (including phenoxy) is 4. The van der Waals surface area contributed by atoms with Crippen molar-refractivity contribution in [3.8, 4) is 11.5 Å². The molecule has 0 atom stereocenters. The summed E-state index contributed by atoms with van der Waals surface area (Å²) >= 11 is 0. The van der Waals surface area contributed by atoms with Gasteiger partial charge in [0.25, 0.3) is 0 Å². The van der Waals surface area contributed by atoms with Crippen LogP contribution in [0.2, 0.25) is 0 Å². The van der Waals surface area contributed by atoms with Gasteiger partial charge in [-0.05, 0) is 17.7 Å². The standard InChI is InChI=1S/C14H21NO5.C2H6.H2/c1-17-11-6-5-10(7-12(11)18-2)8-13(16)15-9-14(19-3)20-4;1-2;/h5-7,14H,8-9H2,1-4H3,(H,15,16);1-2H3;1H. The minimum atomic E-state index is -0.440. The largest absolute Gasteiger partial charge is 0.493 e. The lowest BCUT2D eigenvalue weighted by molar-refractivity contribution is -0.126. The summed E-state index contributed by atoms with van der Waals surface area (Å²) in [5, 5.41) is 2.74. The fraction of sp³-hybridized carbons (Fsp3) is 0.562. The van der Waals surface area contributed by atoms with Crippen LogP contribution in [0.3, 0.4) is 0 Å². The Kier molecular flexibility index (Phi) is 10.9. The van der Waals surface area contributed by atoms with Crippen LogP contribution in [0.5, 0.6) is 11.5 Å². The molecule has 22 heavy (non-hydrogen) atoms. The number of carbonyl (C=O) groups excluding carboxylic acids is 1. The number of benzene rings is 1. The van der Waals surface area contributed by atoms with Gasteiger partial charge in [-0.2, -0.15) is 0 Å². The molecule has 0 aliphatic carbocycles. The zero-order valence-electron chi connectivity index (χ0n) is 14.3. The van der Waals surface area contributed by atoms with E-state index in [9.17, 15) is 4.79 Å². The summed E-state index contributed by atoms with van der Waals surface area (Å²) < 4.78 is 20.3. The second-order valence-corrected chi connectivity index (χ2v) is 4.07. The van der Waals surface area contributed by atoms with Crippen molar-refractivity contribution in [2.24, 2.45) is 0 Å². The van der Waals surface area contributed by atoms with Gasteiger partial charge in [0, 0.05) is 15.6 Å². The van der Waals surface area contributed by atoms with Crippen LogP contribution in [0.4, 0.5) is 0 Å². The van der Waals surface area contributed by atoms with Crippen LogP contribution >= 0.6 is 0 Å². The number of nitrogens with one attached hydrogen (secondary N) is 1. The van der Waals surface area contributed by atoms with Gasteiger partial charge < -0.3 is 24.3 Å². The Labute approximate surface area is 134 Å². The van der Waals surface area contributed by atoms with Gasteiger partial charge in [-0.25, -0.2) is 0 Å². The van der Waals surface area contributed by atoms with Gasteiger partial charge in [0.2, 0.25) is 5.91 Å². The molecule has 1 N–H and O–H groups in total.